The second kappa shape index (κ2) is 7.90. The van der Waals surface area contributed by atoms with Crippen molar-refractivity contribution in [1.82, 2.24) is 10.2 Å². The lowest BCUT2D eigenvalue weighted by atomic mass is 9.92. The summed E-state index contributed by atoms with van der Waals surface area (Å²) in [7, 11) is 1.53. The van der Waals surface area contributed by atoms with Crippen molar-refractivity contribution in [3.8, 4) is 11.5 Å². The number of carbonyl (C=O) groups is 2. The Kier molecular flexibility index (Phi) is 5.56. The van der Waals surface area contributed by atoms with Crippen LogP contribution in [-0.2, 0) is 10.3 Å². The summed E-state index contributed by atoms with van der Waals surface area (Å²) in [5.74, 6) is 0.772. The summed E-state index contributed by atoms with van der Waals surface area (Å²) in [6.07, 6.45) is -1.01. The summed E-state index contributed by atoms with van der Waals surface area (Å²) in [4.78, 5) is 26.3. The van der Waals surface area contributed by atoms with E-state index in [9.17, 15) is 14.7 Å². The van der Waals surface area contributed by atoms with Gasteiger partial charge < -0.3 is 19.9 Å². The van der Waals surface area contributed by atoms with Gasteiger partial charge in [-0.2, -0.15) is 0 Å². The van der Waals surface area contributed by atoms with Gasteiger partial charge in [-0.15, -0.1) is 0 Å². The molecule has 0 aliphatic carbocycles. The number of urea groups is 1. The third-order valence-corrected chi connectivity index (χ3v) is 4.78. The maximum absolute atomic E-state index is 12.9. The van der Waals surface area contributed by atoms with Crippen molar-refractivity contribution in [2.45, 2.75) is 25.5 Å². The van der Waals surface area contributed by atoms with Gasteiger partial charge in [-0.1, -0.05) is 29.8 Å². The number of aliphatic hydroxyl groups excluding tert-OH is 1. The van der Waals surface area contributed by atoms with E-state index in [1.807, 2.05) is 19.1 Å². The van der Waals surface area contributed by atoms with Crippen LogP contribution in [0.25, 0.3) is 0 Å². The number of benzene rings is 2. The van der Waals surface area contributed by atoms with E-state index < -0.39 is 23.6 Å². The van der Waals surface area contributed by atoms with E-state index in [1.165, 1.54) is 7.11 Å². The molecular weight excluding hydrogens is 360 g/mol. The lowest BCUT2D eigenvalue weighted by Crippen LogP contribution is -2.42. The van der Waals surface area contributed by atoms with Crippen LogP contribution in [0.5, 0.6) is 11.5 Å². The Morgan fingerprint density at radius 3 is 2.54 bits per heavy atom. The normalized spacial score (nSPS) is 20.1. The monoisotopic (exact) mass is 384 g/mol. The fourth-order valence-electron chi connectivity index (χ4n) is 3.08. The van der Waals surface area contributed by atoms with Gasteiger partial charge >= 0.3 is 6.03 Å². The first-order valence-electron chi connectivity index (χ1n) is 8.99. The Hall–Kier alpha value is -3.06. The molecular formula is C21H24N2O5. The quantitative estimate of drug-likeness (QED) is 0.715. The van der Waals surface area contributed by atoms with E-state index in [0.717, 1.165) is 10.5 Å². The standard InChI is InChI=1S/C21H24N2O5/c1-14-7-9-17(10-8-14)28-13-16(24)12-23-19(25)21(2,22-20(23)26)15-5-4-6-18(11-15)27-3/h4-11,16,24H,12-13H2,1-3H3,(H,22,26)/t16-,21-/m0/s1. The fourth-order valence-corrected chi connectivity index (χ4v) is 3.08. The number of ether oxygens (including phenoxy) is 2. The zero-order valence-electron chi connectivity index (χ0n) is 16.1. The Morgan fingerprint density at radius 1 is 1.14 bits per heavy atom. The first-order chi connectivity index (χ1) is 13.3. The predicted octanol–water partition coefficient (Wildman–Crippen LogP) is 2.21. The largest absolute Gasteiger partial charge is 0.497 e. The van der Waals surface area contributed by atoms with Gasteiger partial charge in [0.1, 0.15) is 29.7 Å². The van der Waals surface area contributed by atoms with Crippen molar-refractivity contribution in [3.05, 3.63) is 59.7 Å². The van der Waals surface area contributed by atoms with Crippen LogP contribution in [0.2, 0.25) is 0 Å². The number of amides is 3. The van der Waals surface area contributed by atoms with Gasteiger partial charge in [-0.25, -0.2) is 4.79 Å². The third kappa shape index (κ3) is 3.94. The molecule has 7 heteroatoms. The van der Waals surface area contributed by atoms with Crippen LogP contribution in [0.1, 0.15) is 18.1 Å². The van der Waals surface area contributed by atoms with Crippen LogP contribution in [0.15, 0.2) is 48.5 Å². The van der Waals surface area contributed by atoms with Crippen molar-refractivity contribution < 1.29 is 24.2 Å². The number of β-amino-alcohol motifs (C(OH)–C–C–N with tert-alkyl or cyclic N) is 1. The van der Waals surface area contributed by atoms with Crippen molar-refractivity contribution in [3.63, 3.8) is 0 Å². The zero-order chi connectivity index (χ0) is 20.3. The number of rotatable bonds is 7. The van der Waals surface area contributed by atoms with E-state index in [0.29, 0.717) is 17.1 Å². The summed E-state index contributed by atoms with van der Waals surface area (Å²) in [6.45, 7) is 3.42. The second-order valence-corrected chi connectivity index (χ2v) is 6.98. The molecule has 1 fully saturated rings. The molecule has 3 rings (SSSR count). The number of aryl methyl sites for hydroxylation is 1. The molecule has 1 saturated heterocycles. The van der Waals surface area contributed by atoms with Crippen LogP contribution in [0.3, 0.4) is 0 Å². The van der Waals surface area contributed by atoms with Crippen molar-refractivity contribution in [1.29, 1.82) is 0 Å². The zero-order valence-corrected chi connectivity index (χ0v) is 16.1. The Morgan fingerprint density at radius 2 is 1.86 bits per heavy atom. The Balaban J connectivity index is 1.66. The van der Waals surface area contributed by atoms with Crippen molar-refractivity contribution in [2.24, 2.45) is 0 Å². The van der Waals surface area contributed by atoms with Crippen LogP contribution in [0.4, 0.5) is 4.79 Å². The van der Waals surface area contributed by atoms with Gasteiger partial charge in [0.05, 0.1) is 13.7 Å². The molecule has 0 spiro atoms. The molecule has 2 atom stereocenters. The molecule has 1 heterocycles. The van der Waals surface area contributed by atoms with E-state index in [1.54, 1.807) is 43.3 Å². The first-order valence-corrected chi connectivity index (χ1v) is 8.99. The number of hydrogen-bond donors (Lipinski definition) is 2. The average Bonchev–Trinajstić information content (AvgIpc) is 2.91. The number of aliphatic hydroxyl groups is 1. The minimum atomic E-state index is -1.22. The number of nitrogens with zero attached hydrogens (tertiary/aromatic N) is 1. The average molecular weight is 384 g/mol. The molecule has 148 valence electrons. The molecule has 0 unspecified atom stereocenters. The van der Waals surface area contributed by atoms with Crippen LogP contribution >= 0.6 is 0 Å². The van der Waals surface area contributed by atoms with Crippen LogP contribution in [-0.4, -0.2) is 48.3 Å². The molecule has 7 nitrogen and oxygen atoms in total. The van der Waals surface area contributed by atoms with Gasteiger partial charge in [0.15, 0.2) is 0 Å². The number of hydrogen-bond acceptors (Lipinski definition) is 5. The maximum Gasteiger partial charge on any atom is 0.325 e. The molecule has 2 N–H and O–H groups in total. The summed E-state index contributed by atoms with van der Waals surface area (Å²) in [5.41, 5.74) is 0.491. The predicted molar refractivity (Wildman–Crippen MR) is 103 cm³/mol. The van der Waals surface area contributed by atoms with Gasteiger partial charge in [0.2, 0.25) is 0 Å². The van der Waals surface area contributed by atoms with E-state index in [-0.39, 0.29) is 13.2 Å². The maximum atomic E-state index is 12.9. The molecule has 3 amide bonds. The lowest BCUT2D eigenvalue weighted by molar-refractivity contribution is -0.132. The minimum Gasteiger partial charge on any atom is -0.497 e. The van der Waals surface area contributed by atoms with E-state index >= 15 is 0 Å². The first kappa shape index (κ1) is 19.7. The van der Waals surface area contributed by atoms with Gasteiger partial charge in [0.25, 0.3) is 5.91 Å². The van der Waals surface area contributed by atoms with Gasteiger partial charge in [-0.05, 0) is 43.7 Å². The minimum absolute atomic E-state index is 0.0318. The molecule has 0 radical (unpaired) electrons. The number of carbonyl (C=O) groups excluding carboxylic acids is 2. The molecule has 0 aromatic heterocycles. The van der Waals surface area contributed by atoms with Crippen molar-refractivity contribution in [2.75, 3.05) is 20.3 Å². The number of methoxy groups -OCH3 is 1. The highest BCUT2D eigenvalue weighted by Crippen LogP contribution is 2.31. The summed E-state index contributed by atoms with van der Waals surface area (Å²) >= 11 is 0. The second-order valence-electron chi connectivity index (χ2n) is 6.98. The highest BCUT2D eigenvalue weighted by atomic mass is 16.5. The van der Waals surface area contributed by atoms with Crippen LogP contribution in [0, 0.1) is 6.92 Å². The SMILES string of the molecule is COc1cccc([C@]2(C)NC(=O)N(C[C@H](O)COc3ccc(C)cc3)C2=O)c1. The lowest BCUT2D eigenvalue weighted by Gasteiger charge is -2.23. The van der Waals surface area contributed by atoms with Gasteiger partial charge in [0, 0.05) is 0 Å². The Bertz CT molecular complexity index is 867. The smallest absolute Gasteiger partial charge is 0.325 e. The van der Waals surface area contributed by atoms with Crippen molar-refractivity contribution >= 4 is 11.9 Å². The van der Waals surface area contributed by atoms with E-state index in [2.05, 4.69) is 5.32 Å². The van der Waals surface area contributed by atoms with Gasteiger partial charge in [-0.3, -0.25) is 9.69 Å². The highest BCUT2D eigenvalue weighted by Gasteiger charge is 2.49. The van der Waals surface area contributed by atoms with E-state index in [4.69, 9.17) is 9.47 Å². The topological polar surface area (TPSA) is 88.1 Å². The number of imide groups is 1. The highest BCUT2D eigenvalue weighted by molar-refractivity contribution is 6.07. The molecule has 2 aromatic rings. The molecule has 2 aromatic carbocycles. The number of nitrogens with one attached hydrogen (secondary N) is 1. The fraction of sp³-hybridized carbons (Fsp3) is 0.333. The summed E-state index contributed by atoms with van der Waals surface area (Å²) in [6, 6.07) is 13.8. The molecule has 0 bridgehead atoms. The molecule has 0 saturated carbocycles. The third-order valence-electron chi connectivity index (χ3n) is 4.78. The summed E-state index contributed by atoms with van der Waals surface area (Å²) < 4.78 is 10.7. The van der Waals surface area contributed by atoms with Crippen LogP contribution < -0.4 is 14.8 Å². The molecule has 28 heavy (non-hydrogen) atoms. The molecule has 1 aliphatic rings. The Labute approximate surface area is 163 Å². The summed E-state index contributed by atoms with van der Waals surface area (Å²) in [5, 5.41) is 13.0. The molecule has 1 aliphatic heterocycles.